The topological polar surface area (TPSA) is 90.1 Å². The van der Waals surface area contributed by atoms with Gasteiger partial charge in [-0.05, 0) is 61.5 Å². The van der Waals surface area contributed by atoms with Gasteiger partial charge < -0.3 is 15.6 Å². The summed E-state index contributed by atoms with van der Waals surface area (Å²) in [7, 11) is 3.59. The van der Waals surface area contributed by atoms with Crippen molar-refractivity contribution < 1.29 is 18.4 Å². The zero-order valence-electron chi connectivity index (χ0n) is 20.7. The van der Waals surface area contributed by atoms with E-state index in [9.17, 15) is 18.4 Å². The van der Waals surface area contributed by atoms with E-state index >= 15 is 0 Å². The smallest absolute Gasteiger partial charge is 0.243 e. The Hall–Kier alpha value is -4.11. The highest BCUT2D eigenvalue weighted by molar-refractivity contribution is 5.90. The number of aromatic amines is 1. The molecule has 0 saturated heterocycles. The average Bonchev–Trinajstić information content (AvgIpc) is 3.36. The molecular formula is C28H29F2N5O2. The van der Waals surface area contributed by atoms with E-state index in [2.05, 4.69) is 20.6 Å². The van der Waals surface area contributed by atoms with E-state index in [1.807, 2.05) is 42.5 Å². The van der Waals surface area contributed by atoms with Crippen molar-refractivity contribution in [3.05, 3.63) is 101 Å². The molecule has 9 heteroatoms. The molecule has 0 aliphatic rings. The number of aromatic nitrogens is 2. The fourth-order valence-electron chi connectivity index (χ4n) is 4.12. The van der Waals surface area contributed by atoms with Gasteiger partial charge in [-0.25, -0.2) is 13.8 Å². The number of rotatable bonds is 10. The van der Waals surface area contributed by atoms with Crippen LogP contribution in [-0.4, -0.2) is 52.9 Å². The standard InChI is InChI=1S/C28H29F2N5O2/c1-35(2)25(15-18-6-4-3-5-7-18)28(37)34-24(14-19-8-9-22(29)23(30)13-19)27(36)33-17-20-12-21-10-11-31-26(21)32-16-20/h3-13,16,24-25H,14-15,17H2,1-2H3,(H,31,32)(H,33,36)(H,34,37)/t24-,25-/m0/s1. The first kappa shape index (κ1) is 26.0. The van der Waals surface area contributed by atoms with Gasteiger partial charge in [0, 0.05) is 30.7 Å². The lowest BCUT2D eigenvalue weighted by atomic mass is 10.0. The molecule has 0 saturated carbocycles. The van der Waals surface area contributed by atoms with E-state index in [1.165, 1.54) is 6.07 Å². The summed E-state index contributed by atoms with van der Waals surface area (Å²) in [5, 5.41) is 6.58. The van der Waals surface area contributed by atoms with Crippen LogP contribution < -0.4 is 10.6 Å². The maximum atomic E-state index is 13.9. The number of halogens is 2. The lowest BCUT2D eigenvalue weighted by Gasteiger charge is -2.26. The molecule has 0 unspecified atom stereocenters. The van der Waals surface area contributed by atoms with Crippen LogP contribution in [0, 0.1) is 11.6 Å². The van der Waals surface area contributed by atoms with Crippen LogP contribution in [0.3, 0.4) is 0 Å². The molecule has 192 valence electrons. The van der Waals surface area contributed by atoms with Crippen LogP contribution in [0.1, 0.15) is 16.7 Å². The van der Waals surface area contributed by atoms with Gasteiger partial charge in [-0.1, -0.05) is 36.4 Å². The van der Waals surface area contributed by atoms with Crippen molar-refractivity contribution in [1.82, 2.24) is 25.5 Å². The summed E-state index contributed by atoms with van der Waals surface area (Å²) in [6, 6.07) is 15.3. The van der Waals surface area contributed by atoms with Crippen LogP contribution in [0.2, 0.25) is 0 Å². The molecule has 4 aromatic rings. The number of carbonyl (C=O) groups excluding carboxylic acids is 2. The summed E-state index contributed by atoms with van der Waals surface area (Å²) in [4.78, 5) is 35.7. The third-order valence-electron chi connectivity index (χ3n) is 6.18. The second-order valence-corrected chi connectivity index (χ2v) is 9.16. The lowest BCUT2D eigenvalue weighted by Crippen LogP contribution is -2.53. The fraction of sp³-hybridized carbons (Fsp3) is 0.250. The molecule has 37 heavy (non-hydrogen) atoms. The molecule has 0 aliphatic heterocycles. The van der Waals surface area contributed by atoms with Crippen LogP contribution in [0.5, 0.6) is 0 Å². The highest BCUT2D eigenvalue weighted by Crippen LogP contribution is 2.14. The molecular weight excluding hydrogens is 476 g/mol. The molecule has 0 bridgehead atoms. The van der Waals surface area contributed by atoms with Gasteiger partial charge in [0.15, 0.2) is 11.6 Å². The predicted molar refractivity (Wildman–Crippen MR) is 138 cm³/mol. The van der Waals surface area contributed by atoms with Gasteiger partial charge in [-0.15, -0.1) is 0 Å². The number of nitrogens with one attached hydrogen (secondary N) is 3. The number of nitrogens with zero attached hydrogens (tertiary/aromatic N) is 2. The largest absolute Gasteiger partial charge is 0.350 e. The normalized spacial score (nSPS) is 12.9. The molecule has 4 rings (SSSR count). The van der Waals surface area contributed by atoms with Crippen LogP contribution in [0.4, 0.5) is 8.78 Å². The molecule has 2 heterocycles. The molecule has 0 aliphatic carbocycles. The van der Waals surface area contributed by atoms with Crippen LogP contribution in [-0.2, 0) is 29.0 Å². The second-order valence-electron chi connectivity index (χ2n) is 9.16. The van der Waals surface area contributed by atoms with Crippen molar-refractivity contribution in [2.45, 2.75) is 31.5 Å². The Morgan fingerprint density at radius 1 is 0.919 bits per heavy atom. The van der Waals surface area contributed by atoms with E-state index < -0.39 is 29.6 Å². The number of pyridine rings is 1. The van der Waals surface area contributed by atoms with E-state index in [0.717, 1.165) is 34.3 Å². The van der Waals surface area contributed by atoms with E-state index in [0.29, 0.717) is 12.0 Å². The average molecular weight is 506 g/mol. The SMILES string of the molecule is CN(C)[C@@H](Cc1ccccc1)C(=O)N[C@@H](Cc1ccc(F)c(F)c1)C(=O)NCc1cnc2[nH]ccc2c1. The third kappa shape index (κ3) is 6.77. The summed E-state index contributed by atoms with van der Waals surface area (Å²) in [6.45, 7) is 0.193. The Morgan fingerprint density at radius 2 is 1.70 bits per heavy atom. The van der Waals surface area contributed by atoms with E-state index in [-0.39, 0.29) is 18.9 Å². The van der Waals surface area contributed by atoms with Gasteiger partial charge in [-0.2, -0.15) is 0 Å². The van der Waals surface area contributed by atoms with Gasteiger partial charge in [-0.3, -0.25) is 14.5 Å². The monoisotopic (exact) mass is 505 g/mol. The minimum Gasteiger partial charge on any atom is -0.350 e. The summed E-state index contributed by atoms with van der Waals surface area (Å²) in [5.41, 5.74) is 2.89. The Kier molecular flexibility index (Phi) is 8.25. The first-order valence-corrected chi connectivity index (χ1v) is 11.9. The predicted octanol–water partition coefficient (Wildman–Crippen LogP) is 3.36. The van der Waals surface area contributed by atoms with Crippen LogP contribution in [0.15, 0.2) is 73.1 Å². The first-order chi connectivity index (χ1) is 17.8. The molecule has 2 amide bonds. The Morgan fingerprint density at radius 3 is 2.43 bits per heavy atom. The van der Waals surface area contributed by atoms with Gasteiger partial charge in [0.1, 0.15) is 11.7 Å². The molecule has 2 aromatic heterocycles. The van der Waals surface area contributed by atoms with Crippen LogP contribution >= 0.6 is 0 Å². The summed E-state index contributed by atoms with van der Waals surface area (Å²) in [6.07, 6.45) is 3.88. The molecule has 2 aromatic carbocycles. The molecule has 3 N–H and O–H groups in total. The number of fused-ring (bicyclic) bond motifs is 1. The fourth-order valence-corrected chi connectivity index (χ4v) is 4.12. The van der Waals surface area contributed by atoms with Crippen molar-refractivity contribution in [3.63, 3.8) is 0 Å². The van der Waals surface area contributed by atoms with Gasteiger partial charge in [0.05, 0.1) is 6.04 Å². The van der Waals surface area contributed by atoms with Crippen molar-refractivity contribution in [2.24, 2.45) is 0 Å². The summed E-state index contributed by atoms with van der Waals surface area (Å²) < 4.78 is 27.3. The molecule has 0 radical (unpaired) electrons. The maximum Gasteiger partial charge on any atom is 0.243 e. The Labute approximate surface area is 213 Å². The molecule has 0 fully saturated rings. The minimum absolute atomic E-state index is 0.00461. The van der Waals surface area contributed by atoms with Gasteiger partial charge in [0.25, 0.3) is 0 Å². The zero-order valence-corrected chi connectivity index (χ0v) is 20.7. The maximum absolute atomic E-state index is 13.9. The van der Waals surface area contributed by atoms with Crippen molar-refractivity contribution in [2.75, 3.05) is 14.1 Å². The zero-order chi connectivity index (χ0) is 26.4. The molecule has 0 spiro atoms. The number of hydrogen-bond donors (Lipinski definition) is 3. The lowest BCUT2D eigenvalue weighted by molar-refractivity contribution is -0.131. The highest BCUT2D eigenvalue weighted by atomic mass is 19.2. The van der Waals surface area contributed by atoms with Gasteiger partial charge >= 0.3 is 0 Å². The number of H-pyrrole nitrogens is 1. The van der Waals surface area contributed by atoms with E-state index in [1.54, 1.807) is 31.4 Å². The Balaban J connectivity index is 1.50. The highest BCUT2D eigenvalue weighted by Gasteiger charge is 2.27. The second kappa shape index (κ2) is 11.7. The first-order valence-electron chi connectivity index (χ1n) is 11.9. The molecule has 7 nitrogen and oxygen atoms in total. The van der Waals surface area contributed by atoms with Gasteiger partial charge in [0.2, 0.25) is 11.8 Å². The number of likely N-dealkylation sites (N-methyl/N-ethyl adjacent to an activating group) is 1. The summed E-state index contributed by atoms with van der Waals surface area (Å²) in [5.74, 6) is -2.77. The molecule has 2 atom stereocenters. The Bertz CT molecular complexity index is 1370. The quantitative estimate of drug-likeness (QED) is 0.308. The van der Waals surface area contributed by atoms with Crippen molar-refractivity contribution in [1.29, 1.82) is 0 Å². The van der Waals surface area contributed by atoms with E-state index in [4.69, 9.17) is 0 Å². The number of carbonyl (C=O) groups is 2. The summed E-state index contributed by atoms with van der Waals surface area (Å²) >= 11 is 0. The number of benzene rings is 2. The van der Waals surface area contributed by atoms with Crippen LogP contribution in [0.25, 0.3) is 11.0 Å². The number of amides is 2. The third-order valence-corrected chi connectivity index (χ3v) is 6.18. The number of hydrogen-bond acceptors (Lipinski definition) is 4. The van der Waals surface area contributed by atoms with Crippen molar-refractivity contribution >= 4 is 22.8 Å². The van der Waals surface area contributed by atoms with Crippen molar-refractivity contribution in [3.8, 4) is 0 Å². The minimum atomic E-state index is -1.01.